The third kappa shape index (κ3) is 8.03. The molecule has 5 atom stereocenters. The molecule has 5 unspecified atom stereocenters. The van der Waals surface area contributed by atoms with Crippen LogP contribution in [0, 0.1) is 0 Å². The van der Waals surface area contributed by atoms with Crippen LogP contribution in [0.5, 0.6) is 0 Å². The summed E-state index contributed by atoms with van der Waals surface area (Å²) in [4.78, 5) is 47.1. The van der Waals surface area contributed by atoms with Crippen molar-refractivity contribution in [2.45, 2.75) is 37.2 Å². The molecule has 13 heteroatoms. The van der Waals surface area contributed by atoms with Gasteiger partial charge in [0, 0.05) is 17.3 Å². The number of hydrogen-bond donors (Lipinski definition) is 9. The van der Waals surface area contributed by atoms with Crippen molar-refractivity contribution in [3.63, 3.8) is 0 Å². The van der Waals surface area contributed by atoms with E-state index in [0.717, 1.165) is 0 Å². The van der Waals surface area contributed by atoms with E-state index in [-0.39, 0.29) is 17.3 Å². The Morgan fingerprint density at radius 2 is 1.31 bits per heavy atom. The van der Waals surface area contributed by atoms with Crippen LogP contribution in [-0.4, -0.2) is 81.4 Å². The third-order valence-corrected chi connectivity index (χ3v) is 4.33. The normalized spacial score (nSPS) is 16.5. The van der Waals surface area contributed by atoms with E-state index >= 15 is 0 Å². The Hall–Kier alpha value is -1.15. The number of nitrogens with one attached hydrogen (secondary N) is 3. The zero-order valence-electron chi connectivity index (χ0n) is 14.0. The van der Waals surface area contributed by atoms with Gasteiger partial charge in [-0.15, -0.1) is 0 Å². The van der Waals surface area contributed by atoms with Gasteiger partial charge in [0.2, 0.25) is 17.7 Å². The average molecular weight is 429 g/mol. The molecule has 0 heterocycles. The van der Waals surface area contributed by atoms with Gasteiger partial charge >= 0.3 is 5.97 Å². The molecule has 0 spiro atoms. The van der Waals surface area contributed by atoms with E-state index in [0.29, 0.717) is 0 Å². The van der Waals surface area contributed by atoms with Gasteiger partial charge in [-0.25, -0.2) is 4.79 Å². The van der Waals surface area contributed by atoms with E-state index in [4.69, 9.17) is 10.8 Å². The molecule has 0 aliphatic carbocycles. The summed E-state index contributed by atoms with van der Waals surface area (Å²) in [5, 5.41) is 25.2. The minimum Gasteiger partial charge on any atom is -0.480 e. The van der Waals surface area contributed by atoms with E-state index in [1.165, 1.54) is 6.92 Å². The Morgan fingerprint density at radius 1 is 0.885 bits per heavy atom. The van der Waals surface area contributed by atoms with Gasteiger partial charge in [0.15, 0.2) is 6.04 Å². The van der Waals surface area contributed by atoms with Crippen LogP contribution < -0.4 is 21.7 Å². The first kappa shape index (κ1) is 24.8. The van der Waals surface area contributed by atoms with Gasteiger partial charge in [-0.1, -0.05) is 0 Å². The molecule has 0 aromatic heterocycles. The fourth-order valence-corrected chi connectivity index (χ4v) is 2.34. The number of rotatable bonds is 11. The Kier molecular flexibility index (Phi) is 11.7. The molecule has 10 nitrogen and oxygen atoms in total. The Bertz CT molecular complexity index is 522. The number of aliphatic hydroxyl groups excluding tert-OH is 1. The highest BCUT2D eigenvalue weighted by Gasteiger charge is 2.30. The van der Waals surface area contributed by atoms with Crippen LogP contribution in [0.25, 0.3) is 0 Å². The largest absolute Gasteiger partial charge is 0.480 e. The molecule has 7 N–H and O–H groups in total. The van der Waals surface area contributed by atoms with Crippen molar-refractivity contribution in [2.75, 3.05) is 17.3 Å². The number of carboxylic acid groups (broad SMARTS) is 1. The molecule has 150 valence electrons. The van der Waals surface area contributed by atoms with Crippen LogP contribution >= 0.6 is 37.9 Å². The van der Waals surface area contributed by atoms with Crippen molar-refractivity contribution in [2.24, 2.45) is 5.73 Å². The van der Waals surface area contributed by atoms with E-state index in [1.807, 2.05) is 0 Å². The minimum absolute atomic E-state index is 0.0663. The van der Waals surface area contributed by atoms with E-state index in [9.17, 15) is 24.3 Å². The van der Waals surface area contributed by atoms with Crippen LogP contribution in [0.1, 0.15) is 6.92 Å². The maximum Gasteiger partial charge on any atom is 0.328 e. The fraction of sp³-hybridized carbons (Fsp3) is 0.692. The Morgan fingerprint density at radius 3 is 1.65 bits per heavy atom. The summed E-state index contributed by atoms with van der Waals surface area (Å²) in [6.07, 6.45) is -1.35. The summed E-state index contributed by atoms with van der Waals surface area (Å²) < 4.78 is 0. The highest BCUT2D eigenvalue weighted by molar-refractivity contribution is 7.80. The molecule has 0 radical (unpaired) electrons. The number of hydrogen-bond acceptors (Lipinski definition) is 9. The van der Waals surface area contributed by atoms with Crippen LogP contribution in [0.2, 0.25) is 0 Å². The van der Waals surface area contributed by atoms with E-state index < -0.39 is 54.0 Å². The Labute approximate surface area is 167 Å². The van der Waals surface area contributed by atoms with Gasteiger partial charge in [-0.3, -0.25) is 14.4 Å². The molecule has 0 bridgehead atoms. The standard InChI is InChI=1S/C13H24N4O6S3/c1-5(18)9(13(22)23)17-12(21)8(4-26)16-11(20)7(3-25)15-10(19)6(14)2-24/h5-9,18,24-26H,2-4,14H2,1H3,(H,15,19)(H,16,20)(H,17,21)(H,22,23). The molecule has 26 heavy (non-hydrogen) atoms. The average Bonchev–Trinajstić information content (AvgIpc) is 2.59. The molecule has 0 rings (SSSR count). The van der Waals surface area contributed by atoms with Crippen molar-refractivity contribution in [3.05, 3.63) is 0 Å². The predicted octanol–water partition coefficient (Wildman–Crippen LogP) is -2.98. The number of carbonyl (C=O) groups excluding carboxylic acids is 3. The number of aliphatic carboxylic acids is 1. The van der Waals surface area contributed by atoms with Crippen LogP contribution in [0.15, 0.2) is 0 Å². The molecular formula is C13H24N4O6S3. The first-order valence-corrected chi connectivity index (χ1v) is 9.38. The summed E-state index contributed by atoms with van der Waals surface area (Å²) in [5.41, 5.74) is 5.51. The van der Waals surface area contributed by atoms with Crippen LogP contribution in [-0.2, 0) is 19.2 Å². The van der Waals surface area contributed by atoms with E-state index in [2.05, 4.69) is 53.8 Å². The predicted molar refractivity (Wildman–Crippen MR) is 105 cm³/mol. The summed E-state index contributed by atoms with van der Waals surface area (Å²) in [6.45, 7) is 1.20. The van der Waals surface area contributed by atoms with Crippen molar-refractivity contribution >= 4 is 61.6 Å². The Balaban J connectivity index is 4.95. The maximum absolute atomic E-state index is 12.2. The van der Waals surface area contributed by atoms with E-state index in [1.54, 1.807) is 0 Å². The minimum atomic E-state index is -1.55. The highest BCUT2D eigenvalue weighted by Crippen LogP contribution is 1.99. The monoisotopic (exact) mass is 428 g/mol. The van der Waals surface area contributed by atoms with Crippen LogP contribution in [0.3, 0.4) is 0 Å². The summed E-state index contributed by atoms with van der Waals surface area (Å²) in [7, 11) is 0. The molecule has 0 aromatic rings. The van der Waals surface area contributed by atoms with Crippen molar-refractivity contribution < 1.29 is 29.4 Å². The second-order valence-corrected chi connectivity index (χ2v) is 6.44. The van der Waals surface area contributed by atoms with Gasteiger partial charge in [0.1, 0.15) is 12.1 Å². The quantitative estimate of drug-likeness (QED) is 0.158. The molecule has 0 aromatic carbocycles. The number of carboxylic acids is 1. The molecule has 3 amide bonds. The zero-order valence-corrected chi connectivity index (χ0v) is 16.6. The molecule has 0 fully saturated rings. The number of nitrogens with two attached hydrogens (primary N) is 1. The lowest BCUT2D eigenvalue weighted by atomic mass is 10.1. The molecule has 0 aliphatic rings. The van der Waals surface area contributed by atoms with Crippen molar-refractivity contribution in [3.8, 4) is 0 Å². The number of aliphatic hydroxyl groups is 1. The zero-order chi connectivity index (χ0) is 20.4. The lowest BCUT2D eigenvalue weighted by molar-refractivity contribution is -0.145. The number of amides is 3. The SMILES string of the molecule is CC(O)C(NC(=O)C(CS)NC(=O)C(CS)NC(=O)C(N)CS)C(=O)O. The molecular weight excluding hydrogens is 404 g/mol. The van der Waals surface area contributed by atoms with Gasteiger partial charge in [0.05, 0.1) is 12.1 Å². The van der Waals surface area contributed by atoms with Crippen LogP contribution in [0.4, 0.5) is 0 Å². The summed E-state index contributed by atoms with van der Waals surface area (Å²) in [5.74, 6) is -3.75. The van der Waals surface area contributed by atoms with Crippen molar-refractivity contribution in [1.29, 1.82) is 0 Å². The second kappa shape index (κ2) is 12.3. The van der Waals surface area contributed by atoms with Gasteiger partial charge in [-0.05, 0) is 6.92 Å². The summed E-state index contributed by atoms with van der Waals surface area (Å²) in [6, 6.07) is -4.72. The number of thiol groups is 3. The number of carbonyl (C=O) groups is 4. The van der Waals surface area contributed by atoms with Gasteiger partial charge in [-0.2, -0.15) is 37.9 Å². The maximum atomic E-state index is 12.2. The molecule has 0 saturated heterocycles. The van der Waals surface area contributed by atoms with Gasteiger partial charge < -0.3 is 31.9 Å². The second-order valence-electron chi connectivity index (χ2n) is 5.34. The lowest BCUT2D eigenvalue weighted by Crippen LogP contribution is -2.59. The highest BCUT2D eigenvalue weighted by atomic mass is 32.1. The first-order valence-electron chi connectivity index (χ1n) is 7.49. The third-order valence-electron chi connectivity index (χ3n) is 3.21. The fourth-order valence-electron chi connectivity index (χ4n) is 1.66. The van der Waals surface area contributed by atoms with Crippen molar-refractivity contribution in [1.82, 2.24) is 16.0 Å². The first-order chi connectivity index (χ1) is 12.1. The smallest absolute Gasteiger partial charge is 0.328 e. The molecule has 0 saturated carbocycles. The lowest BCUT2D eigenvalue weighted by Gasteiger charge is -2.24. The topological polar surface area (TPSA) is 171 Å². The molecule has 0 aliphatic heterocycles. The summed E-state index contributed by atoms with van der Waals surface area (Å²) >= 11 is 11.8. The van der Waals surface area contributed by atoms with Gasteiger partial charge in [0.25, 0.3) is 0 Å².